The van der Waals surface area contributed by atoms with Gasteiger partial charge < -0.3 is 5.32 Å². The van der Waals surface area contributed by atoms with Gasteiger partial charge in [0.25, 0.3) is 0 Å². The molecule has 4 heteroatoms. The first-order valence-corrected chi connectivity index (χ1v) is 9.04. The van der Waals surface area contributed by atoms with Gasteiger partial charge in [-0.1, -0.05) is 18.2 Å². The molecule has 0 radical (unpaired) electrons. The van der Waals surface area contributed by atoms with Crippen molar-refractivity contribution in [2.24, 2.45) is 0 Å². The van der Waals surface area contributed by atoms with Gasteiger partial charge in [-0.2, -0.15) is 0 Å². The van der Waals surface area contributed by atoms with Crippen LogP contribution in [0.5, 0.6) is 0 Å². The largest absolute Gasteiger partial charge is 0.351 e. The van der Waals surface area contributed by atoms with E-state index < -0.39 is 0 Å². The highest BCUT2D eigenvalue weighted by atomic mass is 32.1. The molecule has 1 N–H and O–H groups in total. The fraction of sp³-hybridized carbons (Fsp3) is 0.368. The van der Waals surface area contributed by atoms with E-state index in [0.717, 1.165) is 23.3 Å². The Balaban J connectivity index is 1.50. The molecule has 1 heterocycles. The highest BCUT2D eigenvalue weighted by molar-refractivity contribution is 7.09. The maximum absolute atomic E-state index is 12.3. The fourth-order valence-electron chi connectivity index (χ4n) is 2.97. The molecule has 120 valence electrons. The summed E-state index contributed by atoms with van der Waals surface area (Å²) < 4.78 is 0. The summed E-state index contributed by atoms with van der Waals surface area (Å²) in [4.78, 5) is 25.3. The molecule has 1 aromatic heterocycles. The number of carbonyl (C=O) groups is 2. The molecule has 1 aliphatic rings. The van der Waals surface area contributed by atoms with E-state index in [0.29, 0.717) is 6.54 Å². The Labute approximate surface area is 140 Å². The molecular formula is C19H21NO2S. The highest BCUT2D eigenvalue weighted by Gasteiger charge is 2.14. The number of nitrogens with one attached hydrogen (secondary N) is 1. The van der Waals surface area contributed by atoms with Crippen molar-refractivity contribution < 1.29 is 9.59 Å². The van der Waals surface area contributed by atoms with E-state index in [2.05, 4.69) is 11.4 Å². The van der Waals surface area contributed by atoms with Gasteiger partial charge in [-0.3, -0.25) is 9.59 Å². The molecule has 0 saturated heterocycles. The zero-order valence-electron chi connectivity index (χ0n) is 13.1. The monoisotopic (exact) mass is 327 g/mol. The Kier molecular flexibility index (Phi) is 5.23. The molecule has 1 aliphatic carbocycles. The highest BCUT2D eigenvalue weighted by Crippen LogP contribution is 2.23. The van der Waals surface area contributed by atoms with E-state index in [4.69, 9.17) is 0 Å². The Morgan fingerprint density at radius 2 is 1.87 bits per heavy atom. The third-order valence-electron chi connectivity index (χ3n) is 4.29. The molecule has 0 unspecified atom stereocenters. The van der Waals surface area contributed by atoms with Crippen molar-refractivity contribution in [3.8, 4) is 0 Å². The smallest absolute Gasteiger partial charge is 0.220 e. The summed E-state index contributed by atoms with van der Waals surface area (Å²) >= 11 is 1.62. The molecular weight excluding hydrogens is 306 g/mol. The van der Waals surface area contributed by atoms with Crippen molar-refractivity contribution in [3.63, 3.8) is 0 Å². The summed E-state index contributed by atoms with van der Waals surface area (Å²) in [5, 5.41) is 4.85. The lowest BCUT2D eigenvalue weighted by Gasteiger charge is -2.16. The molecule has 0 spiro atoms. The predicted molar refractivity (Wildman–Crippen MR) is 92.8 cm³/mol. The second kappa shape index (κ2) is 7.55. The van der Waals surface area contributed by atoms with Crippen LogP contribution in [0.15, 0.2) is 35.7 Å². The minimum Gasteiger partial charge on any atom is -0.351 e. The lowest BCUT2D eigenvalue weighted by atomic mass is 9.89. The average Bonchev–Trinajstić information content (AvgIpc) is 3.11. The van der Waals surface area contributed by atoms with E-state index in [1.807, 2.05) is 29.6 Å². The second-order valence-electron chi connectivity index (χ2n) is 5.97. The Morgan fingerprint density at radius 1 is 1.04 bits per heavy atom. The van der Waals surface area contributed by atoms with Gasteiger partial charge in [-0.25, -0.2) is 0 Å². The Bertz CT molecular complexity index is 691. The van der Waals surface area contributed by atoms with E-state index >= 15 is 0 Å². The van der Waals surface area contributed by atoms with Crippen LogP contribution in [0.3, 0.4) is 0 Å². The normalized spacial score (nSPS) is 13.4. The molecule has 3 nitrogen and oxygen atoms in total. The number of fused-ring (bicyclic) bond motifs is 1. The van der Waals surface area contributed by atoms with Gasteiger partial charge >= 0.3 is 0 Å². The minimum atomic E-state index is -0.0651. The molecule has 0 atom stereocenters. The van der Waals surface area contributed by atoms with Crippen LogP contribution >= 0.6 is 11.3 Å². The summed E-state index contributed by atoms with van der Waals surface area (Å²) in [7, 11) is 0. The maximum Gasteiger partial charge on any atom is 0.220 e. The first-order chi connectivity index (χ1) is 11.2. The second-order valence-corrected chi connectivity index (χ2v) is 7.00. The topological polar surface area (TPSA) is 46.2 Å². The number of ketones is 1. The van der Waals surface area contributed by atoms with Gasteiger partial charge in [0.1, 0.15) is 0 Å². The van der Waals surface area contributed by atoms with Crippen LogP contribution in [0.25, 0.3) is 0 Å². The standard InChI is InChI=1S/C19H21NO2S/c21-18(9-10-19(22)20-13-17-6-3-11-23-17)16-8-7-14-4-1-2-5-15(14)12-16/h3,6-8,11-12H,1-2,4-5,9-10,13H2,(H,20,22). The summed E-state index contributed by atoms with van der Waals surface area (Å²) in [5.74, 6) is -0.00522. The van der Waals surface area contributed by atoms with Crippen molar-refractivity contribution in [2.45, 2.75) is 45.1 Å². The van der Waals surface area contributed by atoms with Gasteiger partial charge in [0, 0.05) is 23.3 Å². The molecule has 1 amide bonds. The maximum atomic E-state index is 12.3. The number of amides is 1. The molecule has 0 saturated carbocycles. The molecule has 0 fully saturated rings. The van der Waals surface area contributed by atoms with Crippen LogP contribution in [0.4, 0.5) is 0 Å². The zero-order valence-corrected chi connectivity index (χ0v) is 14.0. The van der Waals surface area contributed by atoms with Crippen LogP contribution in [0, 0.1) is 0 Å². The zero-order chi connectivity index (χ0) is 16.1. The predicted octanol–water partition coefficient (Wildman–Crippen LogP) is 3.91. The number of benzene rings is 1. The minimum absolute atomic E-state index is 0.0599. The molecule has 3 rings (SSSR count). The van der Waals surface area contributed by atoms with Gasteiger partial charge in [-0.05, 0) is 54.3 Å². The van der Waals surface area contributed by atoms with Crippen molar-refractivity contribution >= 4 is 23.0 Å². The summed E-state index contributed by atoms with van der Waals surface area (Å²) in [6.45, 7) is 0.545. The van der Waals surface area contributed by atoms with E-state index in [9.17, 15) is 9.59 Å². The number of thiophene rings is 1. The van der Waals surface area contributed by atoms with Crippen molar-refractivity contribution in [1.29, 1.82) is 0 Å². The van der Waals surface area contributed by atoms with E-state index in [-0.39, 0.29) is 24.5 Å². The van der Waals surface area contributed by atoms with Gasteiger partial charge in [0.05, 0.1) is 6.54 Å². The van der Waals surface area contributed by atoms with Gasteiger partial charge in [0.2, 0.25) is 5.91 Å². The lowest BCUT2D eigenvalue weighted by Crippen LogP contribution is -2.22. The molecule has 0 aliphatic heterocycles. The SMILES string of the molecule is O=C(CCC(=O)c1ccc2c(c1)CCCC2)NCc1cccs1. The molecule has 1 aromatic carbocycles. The summed E-state index contributed by atoms with van der Waals surface area (Å²) in [6, 6.07) is 9.98. The fourth-order valence-corrected chi connectivity index (χ4v) is 3.61. The summed E-state index contributed by atoms with van der Waals surface area (Å²) in [6.07, 6.45) is 5.16. The number of aryl methyl sites for hydroxylation is 2. The third-order valence-corrected chi connectivity index (χ3v) is 5.17. The van der Waals surface area contributed by atoms with Crippen molar-refractivity contribution in [1.82, 2.24) is 5.32 Å². The number of hydrogen-bond acceptors (Lipinski definition) is 3. The van der Waals surface area contributed by atoms with Crippen LogP contribution < -0.4 is 5.32 Å². The Morgan fingerprint density at radius 3 is 2.65 bits per heavy atom. The average molecular weight is 327 g/mol. The van der Waals surface area contributed by atoms with Crippen molar-refractivity contribution in [2.75, 3.05) is 0 Å². The number of rotatable bonds is 6. The van der Waals surface area contributed by atoms with E-state index in [1.54, 1.807) is 11.3 Å². The van der Waals surface area contributed by atoms with Crippen LogP contribution in [-0.4, -0.2) is 11.7 Å². The first kappa shape index (κ1) is 15.9. The van der Waals surface area contributed by atoms with Gasteiger partial charge in [0.15, 0.2) is 5.78 Å². The quantitative estimate of drug-likeness (QED) is 0.818. The molecule has 23 heavy (non-hydrogen) atoms. The number of carbonyl (C=O) groups excluding carboxylic acids is 2. The number of Topliss-reactive ketones (excluding diaryl/α,β-unsaturated/α-hetero) is 1. The molecule has 2 aromatic rings. The van der Waals surface area contributed by atoms with Crippen molar-refractivity contribution in [3.05, 3.63) is 57.3 Å². The summed E-state index contributed by atoms with van der Waals surface area (Å²) in [5.41, 5.74) is 3.43. The third kappa shape index (κ3) is 4.29. The lowest BCUT2D eigenvalue weighted by molar-refractivity contribution is -0.121. The number of hydrogen-bond donors (Lipinski definition) is 1. The van der Waals surface area contributed by atoms with Crippen LogP contribution in [0.1, 0.15) is 52.0 Å². The first-order valence-electron chi connectivity index (χ1n) is 8.16. The van der Waals surface area contributed by atoms with Crippen LogP contribution in [0.2, 0.25) is 0 Å². The molecule has 0 bridgehead atoms. The van der Waals surface area contributed by atoms with E-state index in [1.165, 1.54) is 24.0 Å². The van der Waals surface area contributed by atoms with Crippen LogP contribution in [-0.2, 0) is 24.2 Å². The van der Waals surface area contributed by atoms with Gasteiger partial charge in [-0.15, -0.1) is 11.3 Å². The Hall–Kier alpha value is -1.94.